The molecule has 2 aromatic rings. The van der Waals surface area contributed by atoms with Gasteiger partial charge in [-0.3, -0.25) is 4.79 Å². The Labute approximate surface area is 122 Å². The van der Waals surface area contributed by atoms with Gasteiger partial charge in [-0.25, -0.2) is 0 Å². The van der Waals surface area contributed by atoms with E-state index in [0.717, 1.165) is 16.7 Å². The molecule has 0 unspecified atom stereocenters. The zero-order valence-corrected chi connectivity index (χ0v) is 12.0. The van der Waals surface area contributed by atoms with E-state index >= 15 is 0 Å². The summed E-state index contributed by atoms with van der Waals surface area (Å²) in [4.78, 5) is 12.1. The number of carbonyl (C=O) groups is 1. The molecule has 0 atom stereocenters. The first-order valence-electron chi connectivity index (χ1n) is 6.20. The van der Waals surface area contributed by atoms with Crippen LogP contribution in [-0.4, -0.2) is 17.6 Å². The Bertz CT molecular complexity index is 651. The van der Waals surface area contributed by atoms with Crippen molar-refractivity contribution in [1.29, 1.82) is 0 Å². The van der Waals surface area contributed by atoms with Crippen molar-refractivity contribution in [3.05, 3.63) is 57.3 Å². The molecule has 0 aliphatic heterocycles. The van der Waals surface area contributed by atoms with Crippen LogP contribution in [0.25, 0.3) is 0 Å². The van der Waals surface area contributed by atoms with Crippen molar-refractivity contribution in [1.82, 2.24) is 5.32 Å². The number of aliphatic hydroxyl groups excluding tert-OH is 1. The first kappa shape index (κ1) is 14.3. The van der Waals surface area contributed by atoms with E-state index in [1.165, 1.54) is 0 Å². The summed E-state index contributed by atoms with van der Waals surface area (Å²) < 4.78 is 0. The molecule has 0 saturated heterocycles. The maximum absolute atomic E-state index is 12.1. The molecule has 1 heterocycles. The molecule has 0 bridgehead atoms. The maximum atomic E-state index is 12.1. The first-order valence-corrected chi connectivity index (χ1v) is 7.14. The molecule has 102 valence electrons. The largest absolute Gasteiger partial charge is 0.384 e. The molecule has 0 fully saturated rings. The Kier molecular flexibility index (Phi) is 4.94. The minimum absolute atomic E-state index is 0.122. The van der Waals surface area contributed by atoms with Crippen LogP contribution >= 0.6 is 11.3 Å². The molecule has 0 aliphatic carbocycles. The van der Waals surface area contributed by atoms with Crippen molar-refractivity contribution < 1.29 is 9.90 Å². The molecule has 1 aromatic carbocycles. The number of aryl methyl sites for hydroxylation is 1. The molecule has 1 aromatic heterocycles. The van der Waals surface area contributed by atoms with E-state index < -0.39 is 0 Å². The van der Waals surface area contributed by atoms with E-state index in [1.54, 1.807) is 23.5 Å². The van der Waals surface area contributed by atoms with Crippen LogP contribution in [0.2, 0.25) is 0 Å². The van der Waals surface area contributed by atoms with Crippen LogP contribution in [0, 0.1) is 18.8 Å². The number of benzene rings is 1. The highest BCUT2D eigenvalue weighted by Crippen LogP contribution is 2.11. The third-order valence-corrected chi connectivity index (χ3v) is 3.57. The van der Waals surface area contributed by atoms with Crippen molar-refractivity contribution in [3.63, 3.8) is 0 Å². The van der Waals surface area contributed by atoms with E-state index in [9.17, 15) is 4.79 Å². The van der Waals surface area contributed by atoms with E-state index in [2.05, 4.69) is 17.2 Å². The van der Waals surface area contributed by atoms with E-state index in [0.29, 0.717) is 12.1 Å². The van der Waals surface area contributed by atoms with Crippen molar-refractivity contribution >= 4 is 17.2 Å². The van der Waals surface area contributed by atoms with Gasteiger partial charge < -0.3 is 10.4 Å². The third-order valence-electron chi connectivity index (χ3n) is 2.84. The van der Waals surface area contributed by atoms with Gasteiger partial charge in [-0.1, -0.05) is 17.9 Å². The average Bonchev–Trinajstić information content (AvgIpc) is 2.97. The second kappa shape index (κ2) is 6.90. The Morgan fingerprint density at radius 2 is 2.25 bits per heavy atom. The standard InChI is InChI=1S/C16H15NO2S/c1-12-4-5-15(9-14(12)3-2-7-18)16(19)17-10-13-6-8-20-11-13/h4-6,8-9,11,18H,7,10H2,1H3,(H,17,19). The van der Waals surface area contributed by atoms with Crippen molar-refractivity contribution in [2.45, 2.75) is 13.5 Å². The molecular formula is C16H15NO2S. The highest BCUT2D eigenvalue weighted by atomic mass is 32.1. The van der Waals surface area contributed by atoms with Gasteiger partial charge in [0.05, 0.1) is 0 Å². The fourth-order valence-corrected chi connectivity index (χ4v) is 2.38. The minimum atomic E-state index is -0.186. The van der Waals surface area contributed by atoms with E-state index in [1.807, 2.05) is 29.8 Å². The van der Waals surface area contributed by atoms with E-state index in [-0.39, 0.29) is 12.5 Å². The molecule has 3 nitrogen and oxygen atoms in total. The summed E-state index contributed by atoms with van der Waals surface area (Å²) in [5, 5.41) is 15.6. The molecular weight excluding hydrogens is 270 g/mol. The molecule has 2 rings (SSSR count). The summed E-state index contributed by atoms with van der Waals surface area (Å²) in [5.74, 6) is 5.33. The Morgan fingerprint density at radius 3 is 2.95 bits per heavy atom. The number of carbonyl (C=O) groups excluding carboxylic acids is 1. The predicted molar refractivity (Wildman–Crippen MR) is 80.6 cm³/mol. The summed E-state index contributed by atoms with van der Waals surface area (Å²) in [6, 6.07) is 7.38. The number of rotatable bonds is 3. The zero-order valence-electron chi connectivity index (χ0n) is 11.1. The topological polar surface area (TPSA) is 49.3 Å². The average molecular weight is 285 g/mol. The van der Waals surface area contributed by atoms with Crippen LogP contribution in [0.3, 0.4) is 0 Å². The Balaban J connectivity index is 2.09. The normalized spacial score (nSPS) is 9.70. The van der Waals surface area contributed by atoms with E-state index in [4.69, 9.17) is 5.11 Å². The number of thiophene rings is 1. The number of hydrogen-bond donors (Lipinski definition) is 2. The zero-order chi connectivity index (χ0) is 14.4. The number of hydrogen-bond acceptors (Lipinski definition) is 3. The first-order chi connectivity index (χ1) is 9.70. The number of aliphatic hydroxyl groups is 1. The van der Waals surface area contributed by atoms with Gasteiger partial charge in [0.15, 0.2) is 0 Å². The summed E-state index contributed by atoms with van der Waals surface area (Å²) in [6.07, 6.45) is 0. The number of amides is 1. The molecule has 4 heteroatoms. The summed E-state index contributed by atoms with van der Waals surface area (Å²) >= 11 is 1.61. The van der Waals surface area contributed by atoms with Crippen LogP contribution in [0.4, 0.5) is 0 Å². The molecule has 20 heavy (non-hydrogen) atoms. The van der Waals surface area contributed by atoms with Crippen molar-refractivity contribution in [2.75, 3.05) is 6.61 Å². The van der Waals surface area contributed by atoms with Gasteiger partial charge in [0.2, 0.25) is 0 Å². The second-order valence-electron chi connectivity index (χ2n) is 4.30. The highest BCUT2D eigenvalue weighted by Gasteiger charge is 2.07. The van der Waals surface area contributed by atoms with Gasteiger partial charge in [0.25, 0.3) is 5.91 Å². The molecule has 2 N–H and O–H groups in total. The molecule has 0 saturated carbocycles. The predicted octanol–water partition coefficient (Wildman–Crippen LogP) is 2.33. The smallest absolute Gasteiger partial charge is 0.251 e. The molecule has 0 aliphatic rings. The summed E-state index contributed by atoms with van der Waals surface area (Å²) in [6.45, 7) is 2.26. The number of nitrogens with one attached hydrogen (secondary N) is 1. The van der Waals surface area contributed by atoms with Crippen LogP contribution in [0.15, 0.2) is 35.0 Å². The third kappa shape index (κ3) is 3.70. The van der Waals surface area contributed by atoms with Crippen LogP contribution < -0.4 is 5.32 Å². The van der Waals surface area contributed by atoms with Gasteiger partial charge >= 0.3 is 0 Å². The maximum Gasteiger partial charge on any atom is 0.251 e. The Hall–Kier alpha value is -2.09. The van der Waals surface area contributed by atoms with Gasteiger partial charge in [0.1, 0.15) is 6.61 Å². The quantitative estimate of drug-likeness (QED) is 0.850. The summed E-state index contributed by atoms with van der Waals surface area (Å²) in [7, 11) is 0. The SMILES string of the molecule is Cc1ccc(C(=O)NCc2ccsc2)cc1C#CCO. The van der Waals surface area contributed by atoms with Crippen molar-refractivity contribution in [2.24, 2.45) is 0 Å². The highest BCUT2D eigenvalue weighted by molar-refractivity contribution is 7.07. The van der Waals surface area contributed by atoms with Gasteiger partial charge in [0, 0.05) is 17.7 Å². The minimum Gasteiger partial charge on any atom is -0.384 e. The summed E-state index contributed by atoms with van der Waals surface area (Å²) in [5.41, 5.74) is 3.42. The van der Waals surface area contributed by atoms with Crippen LogP contribution in [-0.2, 0) is 6.54 Å². The molecule has 0 radical (unpaired) electrons. The van der Waals surface area contributed by atoms with Crippen LogP contribution in [0.5, 0.6) is 0 Å². The fraction of sp³-hybridized carbons (Fsp3) is 0.188. The monoisotopic (exact) mass is 285 g/mol. The molecule has 0 spiro atoms. The fourth-order valence-electron chi connectivity index (χ4n) is 1.71. The van der Waals surface area contributed by atoms with Crippen molar-refractivity contribution in [3.8, 4) is 11.8 Å². The van der Waals surface area contributed by atoms with Gasteiger partial charge in [-0.05, 0) is 47.0 Å². The second-order valence-corrected chi connectivity index (χ2v) is 5.08. The lowest BCUT2D eigenvalue weighted by molar-refractivity contribution is 0.0951. The molecule has 1 amide bonds. The lowest BCUT2D eigenvalue weighted by Crippen LogP contribution is -2.22. The lowest BCUT2D eigenvalue weighted by atomic mass is 10.0. The van der Waals surface area contributed by atoms with Crippen LogP contribution in [0.1, 0.15) is 27.0 Å². The van der Waals surface area contributed by atoms with Gasteiger partial charge in [-0.2, -0.15) is 11.3 Å². The Morgan fingerprint density at radius 1 is 1.40 bits per heavy atom. The lowest BCUT2D eigenvalue weighted by Gasteiger charge is -2.06. The van der Waals surface area contributed by atoms with Gasteiger partial charge in [-0.15, -0.1) is 0 Å².